The van der Waals surface area contributed by atoms with Crippen LogP contribution in [0.2, 0.25) is 0 Å². The van der Waals surface area contributed by atoms with Crippen molar-refractivity contribution in [2.45, 2.75) is 39.2 Å². The molecule has 0 aromatic rings. The molecular weight excluding hydrogens is 272 g/mol. The van der Waals surface area contributed by atoms with E-state index >= 15 is 0 Å². The van der Waals surface area contributed by atoms with Gasteiger partial charge < -0.3 is 5.32 Å². The Morgan fingerprint density at radius 1 is 1.44 bits per heavy atom. The molecule has 1 aliphatic rings. The highest BCUT2D eigenvalue weighted by Gasteiger charge is 2.37. The zero-order valence-electron chi connectivity index (χ0n) is 9.83. The van der Waals surface area contributed by atoms with Gasteiger partial charge in [-0.1, -0.05) is 42.6 Å². The van der Waals surface area contributed by atoms with Crippen LogP contribution in [0.25, 0.3) is 0 Å². The van der Waals surface area contributed by atoms with Crippen LogP contribution in [0.5, 0.6) is 0 Å². The van der Waals surface area contributed by atoms with Gasteiger partial charge in [0.15, 0.2) is 0 Å². The Kier molecular flexibility index (Phi) is 5.25. The van der Waals surface area contributed by atoms with Crippen molar-refractivity contribution >= 4 is 27.9 Å². The molecule has 16 heavy (non-hydrogen) atoms. The highest BCUT2D eigenvalue weighted by atomic mass is 79.9. The monoisotopic (exact) mass is 290 g/mol. The Balaban J connectivity index is 2.60. The number of hydrogen-bond acceptors (Lipinski definition) is 2. The van der Waals surface area contributed by atoms with Crippen molar-refractivity contribution < 1.29 is 9.59 Å². The lowest BCUT2D eigenvalue weighted by Crippen LogP contribution is -2.36. The molecule has 4 nitrogen and oxygen atoms in total. The van der Waals surface area contributed by atoms with Gasteiger partial charge in [-0.25, -0.2) is 4.79 Å². The van der Waals surface area contributed by atoms with Gasteiger partial charge in [-0.2, -0.15) is 0 Å². The molecule has 1 N–H and O–H groups in total. The average molecular weight is 291 g/mol. The summed E-state index contributed by atoms with van der Waals surface area (Å²) in [6, 6.07) is -0.534. The van der Waals surface area contributed by atoms with Crippen LogP contribution < -0.4 is 5.32 Å². The lowest BCUT2D eigenvalue weighted by molar-refractivity contribution is -0.128. The van der Waals surface area contributed by atoms with Crippen molar-refractivity contribution in [2.24, 2.45) is 5.92 Å². The number of imide groups is 1. The molecule has 0 bridgehead atoms. The van der Waals surface area contributed by atoms with E-state index < -0.39 is 0 Å². The number of nitrogens with one attached hydrogen (secondary N) is 1. The number of alkyl halides is 1. The topological polar surface area (TPSA) is 49.4 Å². The van der Waals surface area contributed by atoms with E-state index in [0.29, 0.717) is 12.5 Å². The highest BCUT2D eigenvalue weighted by Crippen LogP contribution is 2.15. The zero-order chi connectivity index (χ0) is 12.1. The number of carbonyl (C=O) groups is 2. The van der Waals surface area contributed by atoms with Gasteiger partial charge in [-0.3, -0.25) is 9.69 Å². The molecule has 1 aliphatic heterocycles. The number of hydrogen-bond donors (Lipinski definition) is 1. The molecule has 3 amide bonds. The molecule has 1 heterocycles. The molecule has 2 unspecified atom stereocenters. The number of halogens is 1. The second-order valence-electron chi connectivity index (χ2n) is 4.17. The number of carbonyl (C=O) groups excluding carboxylic acids is 2. The van der Waals surface area contributed by atoms with Crippen LogP contribution in [-0.4, -0.2) is 34.8 Å². The van der Waals surface area contributed by atoms with Gasteiger partial charge in [0.05, 0.1) is 0 Å². The van der Waals surface area contributed by atoms with Crippen LogP contribution in [0.4, 0.5) is 4.79 Å². The average Bonchev–Trinajstić information content (AvgIpc) is 2.53. The molecule has 0 saturated carbocycles. The summed E-state index contributed by atoms with van der Waals surface area (Å²) in [6.07, 6.45) is 2.59. The third-order valence-electron chi connectivity index (χ3n) is 2.92. The molecule has 5 heteroatoms. The fraction of sp³-hybridized carbons (Fsp3) is 0.818. The molecule has 0 radical (unpaired) electrons. The number of urea groups is 1. The predicted molar refractivity (Wildman–Crippen MR) is 66.5 cm³/mol. The summed E-state index contributed by atoms with van der Waals surface area (Å²) in [5.41, 5.74) is 0. The molecule has 1 fully saturated rings. The van der Waals surface area contributed by atoms with Gasteiger partial charge in [-0.05, 0) is 12.3 Å². The second-order valence-corrected chi connectivity index (χ2v) is 4.82. The normalized spacial score (nSPS) is 22.4. The summed E-state index contributed by atoms with van der Waals surface area (Å²) < 4.78 is 0. The fourth-order valence-electron chi connectivity index (χ4n) is 1.78. The molecule has 92 valence electrons. The van der Waals surface area contributed by atoms with E-state index in [9.17, 15) is 9.59 Å². The van der Waals surface area contributed by atoms with Crippen molar-refractivity contribution in [3.63, 3.8) is 0 Å². The van der Waals surface area contributed by atoms with Crippen LogP contribution in [0.15, 0.2) is 0 Å². The van der Waals surface area contributed by atoms with Gasteiger partial charge in [0.2, 0.25) is 0 Å². The Bertz CT molecular complexity index is 267. The Hall–Kier alpha value is -0.580. The van der Waals surface area contributed by atoms with Gasteiger partial charge >= 0.3 is 6.03 Å². The summed E-state index contributed by atoms with van der Waals surface area (Å²) in [4.78, 5) is 24.9. The van der Waals surface area contributed by atoms with Crippen LogP contribution in [0.1, 0.15) is 33.1 Å². The SMILES string of the molecule is CCCC1NC(=O)N(CC(CC)CBr)C1=O. The number of amides is 3. The summed E-state index contributed by atoms with van der Waals surface area (Å²) in [7, 11) is 0. The molecule has 0 aliphatic carbocycles. The highest BCUT2D eigenvalue weighted by molar-refractivity contribution is 9.09. The molecule has 1 saturated heterocycles. The van der Waals surface area contributed by atoms with Crippen molar-refractivity contribution in [1.82, 2.24) is 10.2 Å². The summed E-state index contributed by atoms with van der Waals surface area (Å²) in [6.45, 7) is 4.59. The molecule has 0 aromatic heterocycles. The van der Waals surface area contributed by atoms with E-state index in [1.165, 1.54) is 4.90 Å². The summed E-state index contributed by atoms with van der Waals surface area (Å²) >= 11 is 3.40. The minimum Gasteiger partial charge on any atom is -0.326 e. The largest absolute Gasteiger partial charge is 0.326 e. The van der Waals surface area contributed by atoms with Crippen molar-refractivity contribution in [1.29, 1.82) is 0 Å². The first-order valence-electron chi connectivity index (χ1n) is 5.81. The molecule has 1 rings (SSSR count). The molecule has 0 spiro atoms. The van der Waals surface area contributed by atoms with E-state index in [0.717, 1.165) is 24.6 Å². The minimum atomic E-state index is -0.301. The lowest BCUT2D eigenvalue weighted by Gasteiger charge is -2.18. The van der Waals surface area contributed by atoms with Crippen LogP contribution in [0, 0.1) is 5.92 Å². The molecular formula is C11H19BrN2O2. The molecule has 0 aromatic carbocycles. The number of rotatable bonds is 6. The maximum atomic E-state index is 11.9. The summed E-state index contributed by atoms with van der Waals surface area (Å²) in [5.74, 6) is 0.279. The maximum Gasteiger partial charge on any atom is 0.324 e. The second kappa shape index (κ2) is 6.23. The Morgan fingerprint density at radius 3 is 2.62 bits per heavy atom. The van der Waals surface area contributed by atoms with Crippen LogP contribution in [0.3, 0.4) is 0 Å². The Morgan fingerprint density at radius 2 is 2.12 bits per heavy atom. The van der Waals surface area contributed by atoms with Crippen molar-refractivity contribution in [3.05, 3.63) is 0 Å². The quantitative estimate of drug-likeness (QED) is 0.602. The van der Waals surface area contributed by atoms with E-state index in [1.807, 2.05) is 6.92 Å². The first-order valence-corrected chi connectivity index (χ1v) is 6.93. The third-order valence-corrected chi connectivity index (χ3v) is 3.84. The van der Waals surface area contributed by atoms with E-state index in [4.69, 9.17) is 0 Å². The first-order chi connectivity index (χ1) is 7.63. The summed E-state index contributed by atoms with van der Waals surface area (Å²) in [5, 5.41) is 3.55. The van der Waals surface area contributed by atoms with Crippen LogP contribution in [-0.2, 0) is 4.79 Å². The maximum absolute atomic E-state index is 11.9. The molecule has 2 atom stereocenters. The van der Waals surface area contributed by atoms with Crippen molar-refractivity contribution in [2.75, 3.05) is 11.9 Å². The van der Waals surface area contributed by atoms with Gasteiger partial charge in [0.25, 0.3) is 5.91 Å². The van der Waals surface area contributed by atoms with E-state index in [1.54, 1.807) is 0 Å². The smallest absolute Gasteiger partial charge is 0.324 e. The standard InChI is InChI=1S/C11H19BrN2O2/c1-3-5-9-10(15)14(11(16)13-9)7-8(4-2)6-12/h8-9H,3-7H2,1-2H3,(H,13,16). The van der Waals surface area contributed by atoms with E-state index in [-0.39, 0.29) is 18.0 Å². The van der Waals surface area contributed by atoms with Gasteiger partial charge in [0.1, 0.15) is 6.04 Å². The first kappa shape index (κ1) is 13.5. The number of nitrogens with zero attached hydrogens (tertiary/aromatic N) is 1. The minimum absolute atomic E-state index is 0.0637. The fourth-order valence-corrected chi connectivity index (χ4v) is 2.44. The Labute approximate surface area is 105 Å². The lowest BCUT2D eigenvalue weighted by atomic mass is 10.1. The van der Waals surface area contributed by atoms with Gasteiger partial charge in [0, 0.05) is 11.9 Å². The van der Waals surface area contributed by atoms with Crippen molar-refractivity contribution in [3.8, 4) is 0 Å². The van der Waals surface area contributed by atoms with Crippen LogP contribution >= 0.6 is 15.9 Å². The van der Waals surface area contributed by atoms with E-state index in [2.05, 4.69) is 28.2 Å². The third kappa shape index (κ3) is 2.97. The zero-order valence-corrected chi connectivity index (χ0v) is 11.4. The predicted octanol–water partition coefficient (Wildman–Crippen LogP) is 2.13. The van der Waals surface area contributed by atoms with Gasteiger partial charge in [-0.15, -0.1) is 0 Å².